The van der Waals surface area contributed by atoms with Crippen LogP contribution in [0.3, 0.4) is 0 Å². The van der Waals surface area contributed by atoms with Crippen LogP contribution in [0.5, 0.6) is 0 Å². The van der Waals surface area contributed by atoms with Gasteiger partial charge in [0.15, 0.2) is 0 Å². The molecule has 0 unspecified atom stereocenters. The Kier molecular flexibility index (Phi) is 5.49. The molecule has 7 heteroatoms. The fourth-order valence-electron chi connectivity index (χ4n) is 3.11. The second-order valence-electron chi connectivity index (χ2n) is 6.80. The molecule has 0 radical (unpaired) electrons. The standard InChI is InChI=1S/C21H20FNO4S/c1-23(2)28(26,27)19-7-3-14(4-8-19)9-17-11-15(12-21(24)25)10-16-5-6-18(22)13-20(16)17/h3-8,10-11,13H,9,12H2,1-2H3,(H,24,25). The summed E-state index contributed by atoms with van der Waals surface area (Å²) in [7, 11) is -0.568. The molecule has 0 saturated carbocycles. The Labute approximate surface area is 163 Å². The van der Waals surface area contributed by atoms with Gasteiger partial charge in [-0.3, -0.25) is 4.79 Å². The number of carbonyl (C=O) groups is 1. The second-order valence-corrected chi connectivity index (χ2v) is 8.95. The van der Waals surface area contributed by atoms with Crippen molar-refractivity contribution in [3.05, 3.63) is 77.1 Å². The molecule has 0 aliphatic rings. The van der Waals surface area contributed by atoms with Gasteiger partial charge < -0.3 is 5.11 Å². The van der Waals surface area contributed by atoms with Crippen molar-refractivity contribution in [1.29, 1.82) is 0 Å². The van der Waals surface area contributed by atoms with E-state index in [-0.39, 0.29) is 17.1 Å². The highest BCUT2D eigenvalue weighted by molar-refractivity contribution is 7.89. The van der Waals surface area contributed by atoms with Crippen molar-refractivity contribution < 1.29 is 22.7 Å². The third kappa shape index (κ3) is 4.21. The van der Waals surface area contributed by atoms with Gasteiger partial charge in [0, 0.05) is 14.1 Å². The van der Waals surface area contributed by atoms with Gasteiger partial charge in [-0.05, 0) is 58.1 Å². The third-order valence-corrected chi connectivity index (χ3v) is 6.34. The summed E-state index contributed by atoms with van der Waals surface area (Å²) in [5, 5.41) is 10.6. The molecule has 0 bridgehead atoms. The number of carboxylic acids is 1. The first-order chi connectivity index (χ1) is 13.2. The summed E-state index contributed by atoms with van der Waals surface area (Å²) in [4.78, 5) is 11.3. The van der Waals surface area contributed by atoms with Crippen molar-refractivity contribution in [3.63, 3.8) is 0 Å². The predicted octanol–water partition coefficient (Wildman–Crippen LogP) is 3.45. The van der Waals surface area contributed by atoms with Crippen molar-refractivity contribution in [3.8, 4) is 0 Å². The molecule has 28 heavy (non-hydrogen) atoms. The first kappa shape index (κ1) is 20.0. The molecular weight excluding hydrogens is 381 g/mol. The Morgan fingerprint density at radius 3 is 2.29 bits per heavy atom. The lowest BCUT2D eigenvalue weighted by atomic mass is 9.95. The molecule has 3 rings (SSSR count). The molecule has 0 atom stereocenters. The SMILES string of the molecule is CN(C)S(=O)(=O)c1ccc(Cc2cc(CC(=O)O)cc3ccc(F)cc23)cc1. The maximum Gasteiger partial charge on any atom is 0.307 e. The molecule has 146 valence electrons. The number of hydrogen-bond donors (Lipinski definition) is 1. The van der Waals surface area contributed by atoms with Gasteiger partial charge >= 0.3 is 5.97 Å². The Hall–Kier alpha value is -2.77. The van der Waals surface area contributed by atoms with E-state index in [9.17, 15) is 17.6 Å². The second kappa shape index (κ2) is 7.69. The predicted molar refractivity (Wildman–Crippen MR) is 105 cm³/mol. The minimum absolute atomic E-state index is 0.125. The van der Waals surface area contributed by atoms with E-state index in [2.05, 4.69) is 0 Å². The molecule has 0 amide bonds. The summed E-state index contributed by atoms with van der Waals surface area (Å²) in [6, 6.07) is 14.4. The van der Waals surface area contributed by atoms with E-state index in [4.69, 9.17) is 5.11 Å². The molecular formula is C21H20FNO4S. The fraction of sp³-hybridized carbons (Fsp3) is 0.190. The van der Waals surface area contributed by atoms with Crippen LogP contribution in [0.25, 0.3) is 10.8 Å². The molecule has 0 heterocycles. The van der Waals surface area contributed by atoms with Gasteiger partial charge in [0.05, 0.1) is 11.3 Å². The third-order valence-electron chi connectivity index (χ3n) is 4.51. The number of hydrogen-bond acceptors (Lipinski definition) is 3. The minimum atomic E-state index is -3.51. The maximum atomic E-state index is 13.8. The number of nitrogens with zero attached hydrogens (tertiary/aromatic N) is 1. The topological polar surface area (TPSA) is 74.7 Å². The van der Waals surface area contributed by atoms with Crippen LogP contribution < -0.4 is 0 Å². The van der Waals surface area contributed by atoms with E-state index >= 15 is 0 Å². The van der Waals surface area contributed by atoms with Gasteiger partial charge in [0.2, 0.25) is 10.0 Å². The lowest BCUT2D eigenvalue weighted by Crippen LogP contribution is -2.22. The molecule has 0 aromatic heterocycles. The van der Waals surface area contributed by atoms with Crippen LogP contribution in [0.4, 0.5) is 4.39 Å². The monoisotopic (exact) mass is 401 g/mol. The number of aliphatic carboxylic acids is 1. The van der Waals surface area contributed by atoms with E-state index in [1.54, 1.807) is 30.3 Å². The van der Waals surface area contributed by atoms with Crippen molar-refractivity contribution in [2.45, 2.75) is 17.7 Å². The highest BCUT2D eigenvalue weighted by Gasteiger charge is 2.17. The number of carboxylic acid groups (broad SMARTS) is 1. The van der Waals surface area contributed by atoms with Crippen molar-refractivity contribution in [2.75, 3.05) is 14.1 Å². The van der Waals surface area contributed by atoms with Gasteiger partial charge in [-0.2, -0.15) is 0 Å². The molecule has 0 saturated heterocycles. The number of halogens is 1. The van der Waals surface area contributed by atoms with Crippen molar-refractivity contribution in [1.82, 2.24) is 4.31 Å². The molecule has 0 spiro atoms. The van der Waals surface area contributed by atoms with Gasteiger partial charge in [-0.1, -0.05) is 30.3 Å². The fourth-order valence-corrected chi connectivity index (χ4v) is 4.01. The molecule has 3 aromatic rings. The number of fused-ring (bicyclic) bond motifs is 1. The Bertz CT molecular complexity index is 1140. The Morgan fingerprint density at radius 1 is 1.00 bits per heavy atom. The van der Waals surface area contributed by atoms with Gasteiger partial charge in [-0.15, -0.1) is 0 Å². The summed E-state index contributed by atoms with van der Waals surface area (Å²) in [5.74, 6) is -1.31. The Balaban J connectivity index is 2.01. The average molecular weight is 401 g/mol. The highest BCUT2D eigenvalue weighted by atomic mass is 32.2. The molecule has 3 aromatic carbocycles. The summed E-state index contributed by atoms with van der Waals surface area (Å²) in [5.41, 5.74) is 2.26. The highest BCUT2D eigenvalue weighted by Crippen LogP contribution is 2.26. The van der Waals surface area contributed by atoms with Crippen LogP contribution in [0.15, 0.2) is 59.5 Å². The Morgan fingerprint density at radius 2 is 1.68 bits per heavy atom. The zero-order chi connectivity index (χ0) is 20.5. The van der Waals surface area contributed by atoms with Crippen molar-refractivity contribution >= 4 is 26.8 Å². The van der Waals surface area contributed by atoms with Crippen LogP contribution in [-0.4, -0.2) is 37.9 Å². The summed E-state index contributed by atoms with van der Waals surface area (Å²) < 4.78 is 39.3. The van der Waals surface area contributed by atoms with E-state index in [1.165, 1.54) is 38.4 Å². The van der Waals surface area contributed by atoms with E-state index in [0.717, 1.165) is 20.8 Å². The average Bonchev–Trinajstić information content (AvgIpc) is 2.62. The van der Waals surface area contributed by atoms with Gasteiger partial charge in [-0.25, -0.2) is 17.1 Å². The van der Waals surface area contributed by atoms with Crippen LogP contribution in [0.2, 0.25) is 0 Å². The largest absolute Gasteiger partial charge is 0.481 e. The molecule has 0 aliphatic carbocycles. The molecule has 5 nitrogen and oxygen atoms in total. The lowest BCUT2D eigenvalue weighted by molar-refractivity contribution is -0.136. The zero-order valence-electron chi connectivity index (χ0n) is 15.5. The first-order valence-corrected chi connectivity index (χ1v) is 10.0. The van der Waals surface area contributed by atoms with Crippen LogP contribution in [0.1, 0.15) is 16.7 Å². The lowest BCUT2D eigenvalue weighted by Gasteiger charge is -2.13. The van der Waals surface area contributed by atoms with Crippen LogP contribution >= 0.6 is 0 Å². The van der Waals surface area contributed by atoms with Gasteiger partial charge in [0.25, 0.3) is 0 Å². The summed E-state index contributed by atoms with van der Waals surface area (Å²) in [6.45, 7) is 0. The summed E-state index contributed by atoms with van der Waals surface area (Å²) in [6.07, 6.45) is 0.302. The van der Waals surface area contributed by atoms with E-state index in [1.807, 2.05) is 0 Å². The van der Waals surface area contributed by atoms with Gasteiger partial charge in [0.1, 0.15) is 5.82 Å². The summed E-state index contributed by atoms with van der Waals surface area (Å²) >= 11 is 0. The van der Waals surface area contributed by atoms with Crippen LogP contribution in [-0.2, 0) is 27.7 Å². The molecule has 1 N–H and O–H groups in total. The first-order valence-electron chi connectivity index (χ1n) is 8.61. The molecule has 0 aliphatic heterocycles. The van der Waals surface area contributed by atoms with E-state index < -0.39 is 16.0 Å². The normalized spacial score (nSPS) is 11.9. The zero-order valence-corrected chi connectivity index (χ0v) is 16.3. The van der Waals surface area contributed by atoms with E-state index in [0.29, 0.717) is 17.4 Å². The van der Waals surface area contributed by atoms with Crippen molar-refractivity contribution in [2.24, 2.45) is 0 Å². The minimum Gasteiger partial charge on any atom is -0.481 e. The number of benzene rings is 3. The van der Waals surface area contributed by atoms with Crippen LogP contribution in [0, 0.1) is 5.82 Å². The number of rotatable bonds is 6. The molecule has 0 fully saturated rings. The smallest absolute Gasteiger partial charge is 0.307 e. The number of sulfonamides is 1. The quantitative estimate of drug-likeness (QED) is 0.687. The maximum absolute atomic E-state index is 13.8.